The van der Waals surface area contributed by atoms with E-state index in [1.807, 2.05) is 18.2 Å². The van der Waals surface area contributed by atoms with Gasteiger partial charge in [-0.2, -0.15) is 0 Å². The first-order chi connectivity index (χ1) is 7.79. The van der Waals surface area contributed by atoms with Gasteiger partial charge in [0, 0.05) is 24.4 Å². The number of methoxy groups -OCH3 is 1. The maximum absolute atomic E-state index is 5.76. The minimum absolute atomic E-state index is 0.391. The van der Waals surface area contributed by atoms with E-state index in [0.717, 1.165) is 31.7 Å². The first-order valence-corrected chi connectivity index (χ1v) is 5.57. The number of hydrogen-bond donors (Lipinski definition) is 2. The molecule has 0 aliphatic carbocycles. The topological polar surface area (TPSA) is 56.5 Å². The second-order valence-electron chi connectivity index (χ2n) is 4.02. The second-order valence-corrected chi connectivity index (χ2v) is 4.02. The van der Waals surface area contributed by atoms with Crippen LogP contribution in [0.25, 0.3) is 0 Å². The second kappa shape index (κ2) is 5.07. The molecule has 0 bridgehead atoms. The van der Waals surface area contributed by atoms with Crippen molar-refractivity contribution in [3.05, 3.63) is 18.2 Å². The van der Waals surface area contributed by atoms with Crippen molar-refractivity contribution < 1.29 is 9.47 Å². The van der Waals surface area contributed by atoms with Crippen molar-refractivity contribution in [1.29, 1.82) is 0 Å². The molecule has 1 aliphatic rings. The van der Waals surface area contributed by atoms with Gasteiger partial charge in [0.25, 0.3) is 0 Å². The molecule has 4 heteroatoms. The quantitative estimate of drug-likeness (QED) is 0.766. The third-order valence-corrected chi connectivity index (χ3v) is 2.76. The lowest BCUT2D eigenvalue weighted by Gasteiger charge is -2.24. The first-order valence-electron chi connectivity index (χ1n) is 5.57. The summed E-state index contributed by atoms with van der Waals surface area (Å²) in [6, 6.07) is 6.13. The van der Waals surface area contributed by atoms with Crippen LogP contribution >= 0.6 is 0 Å². The maximum atomic E-state index is 5.76. The molecule has 0 spiro atoms. The third-order valence-electron chi connectivity index (χ3n) is 2.76. The Labute approximate surface area is 95.7 Å². The van der Waals surface area contributed by atoms with E-state index in [1.165, 1.54) is 0 Å². The summed E-state index contributed by atoms with van der Waals surface area (Å²) in [5, 5.41) is 3.42. The predicted octanol–water partition coefficient (Wildman–Crippen LogP) is 1.87. The molecule has 1 aromatic rings. The molecule has 0 aromatic heterocycles. The van der Waals surface area contributed by atoms with Gasteiger partial charge in [-0.1, -0.05) is 0 Å². The van der Waals surface area contributed by atoms with Crippen molar-refractivity contribution >= 4 is 11.4 Å². The number of ether oxygens (including phenoxy) is 2. The number of nitrogens with two attached hydrogens (primary N) is 1. The molecule has 1 heterocycles. The van der Waals surface area contributed by atoms with Crippen LogP contribution < -0.4 is 15.8 Å². The average molecular weight is 222 g/mol. The number of nitrogens with one attached hydrogen (secondary N) is 1. The van der Waals surface area contributed by atoms with Gasteiger partial charge in [0.2, 0.25) is 0 Å². The van der Waals surface area contributed by atoms with Gasteiger partial charge in [0.05, 0.1) is 19.4 Å². The minimum Gasteiger partial charge on any atom is -0.495 e. The zero-order valence-corrected chi connectivity index (χ0v) is 9.53. The zero-order valence-electron chi connectivity index (χ0n) is 9.53. The molecule has 0 radical (unpaired) electrons. The van der Waals surface area contributed by atoms with Gasteiger partial charge in [0.1, 0.15) is 5.75 Å². The van der Waals surface area contributed by atoms with E-state index < -0.39 is 0 Å². The van der Waals surface area contributed by atoms with Crippen LogP contribution in [0.3, 0.4) is 0 Å². The molecule has 1 unspecified atom stereocenters. The largest absolute Gasteiger partial charge is 0.495 e. The van der Waals surface area contributed by atoms with E-state index in [1.54, 1.807) is 7.11 Å². The number of nitrogen functional groups attached to an aromatic ring is 1. The van der Waals surface area contributed by atoms with Gasteiger partial charge in [0.15, 0.2) is 0 Å². The summed E-state index contributed by atoms with van der Waals surface area (Å²) < 4.78 is 10.6. The highest BCUT2D eigenvalue weighted by molar-refractivity contribution is 5.61. The highest BCUT2D eigenvalue weighted by Gasteiger charge is 2.13. The van der Waals surface area contributed by atoms with Crippen molar-refractivity contribution in [3.8, 4) is 5.75 Å². The lowest BCUT2D eigenvalue weighted by atomic mass is 10.1. The third kappa shape index (κ3) is 2.58. The van der Waals surface area contributed by atoms with Crippen LogP contribution in [0.2, 0.25) is 0 Å². The monoisotopic (exact) mass is 222 g/mol. The smallest absolute Gasteiger partial charge is 0.143 e. The average Bonchev–Trinajstić information content (AvgIpc) is 2.33. The highest BCUT2D eigenvalue weighted by Crippen LogP contribution is 2.26. The van der Waals surface area contributed by atoms with Gasteiger partial charge >= 0.3 is 0 Å². The Balaban J connectivity index is 2.03. The Kier molecular flexibility index (Phi) is 3.51. The zero-order chi connectivity index (χ0) is 11.4. The van der Waals surface area contributed by atoms with Crippen molar-refractivity contribution in [2.45, 2.75) is 18.9 Å². The van der Waals surface area contributed by atoms with Crippen molar-refractivity contribution in [2.75, 3.05) is 31.4 Å². The summed E-state index contributed by atoms with van der Waals surface area (Å²) in [6.45, 7) is 1.65. The van der Waals surface area contributed by atoms with Crippen molar-refractivity contribution in [3.63, 3.8) is 0 Å². The van der Waals surface area contributed by atoms with Gasteiger partial charge in [-0.3, -0.25) is 0 Å². The van der Waals surface area contributed by atoms with Crippen LogP contribution in [-0.4, -0.2) is 26.4 Å². The molecule has 88 valence electrons. The summed E-state index contributed by atoms with van der Waals surface area (Å²) in [4.78, 5) is 0. The first kappa shape index (κ1) is 11.1. The van der Waals surface area contributed by atoms with Crippen LogP contribution in [0.4, 0.5) is 11.4 Å². The standard InChI is InChI=1S/C12H18N2O2/c1-15-12-7-9(4-5-11(12)13)14-10-3-2-6-16-8-10/h4-5,7,10,14H,2-3,6,8,13H2,1H3. The molecular weight excluding hydrogens is 204 g/mol. The van der Waals surface area contributed by atoms with Crippen LogP contribution in [0.1, 0.15) is 12.8 Å². The number of anilines is 2. The van der Waals surface area contributed by atoms with Gasteiger partial charge in [-0.15, -0.1) is 0 Å². The fourth-order valence-corrected chi connectivity index (χ4v) is 1.89. The summed E-state index contributed by atoms with van der Waals surface area (Å²) in [6.07, 6.45) is 2.26. The van der Waals surface area contributed by atoms with E-state index in [0.29, 0.717) is 17.5 Å². The molecule has 3 N–H and O–H groups in total. The summed E-state index contributed by atoms with van der Waals surface area (Å²) in [7, 11) is 1.62. The lowest BCUT2D eigenvalue weighted by Crippen LogP contribution is -2.29. The molecule has 0 saturated carbocycles. The van der Waals surface area contributed by atoms with Crippen LogP contribution in [0, 0.1) is 0 Å². The van der Waals surface area contributed by atoms with Crippen LogP contribution in [0.5, 0.6) is 5.75 Å². The van der Waals surface area contributed by atoms with Gasteiger partial charge < -0.3 is 20.5 Å². The molecule has 4 nitrogen and oxygen atoms in total. The van der Waals surface area contributed by atoms with Gasteiger partial charge in [-0.05, 0) is 25.0 Å². The maximum Gasteiger partial charge on any atom is 0.143 e. The molecular formula is C12H18N2O2. The fraction of sp³-hybridized carbons (Fsp3) is 0.500. The summed E-state index contributed by atoms with van der Waals surface area (Å²) >= 11 is 0. The molecule has 1 saturated heterocycles. The van der Waals surface area contributed by atoms with Crippen LogP contribution in [-0.2, 0) is 4.74 Å². The number of hydrogen-bond acceptors (Lipinski definition) is 4. The SMILES string of the molecule is COc1cc(NC2CCCOC2)ccc1N. The molecule has 1 atom stereocenters. The van der Waals surface area contributed by atoms with E-state index >= 15 is 0 Å². The van der Waals surface area contributed by atoms with Crippen LogP contribution in [0.15, 0.2) is 18.2 Å². The predicted molar refractivity (Wildman–Crippen MR) is 64.9 cm³/mol. The van der Waals surface area contributed by atoms with E-state index in [4.69, 9.17) is 15.2 Å². The highest BCUT2D eigenvalue weighted by atomic mass is 16.5. The minimum atomic E-state index is 0.391. The van der Waals surface area contributed by atoms with Crippen molar-refractivity contribution in [1.82, 2.24) is 0 Å². The fourth-order valence-electron chi connectivity index (χ4n) is 1.89. The molecule has 1 fully saturated rings. The van der Waals surface area contributed by atoms with E-state index in [9.17, 15) is 0 Å². The lowest BCUT2D eigenvalue weighted by molar-refractivity contribution is 0.0876. The Morgan fingerprint density at radius 1 is 1.50 bits per heavy atom. The van der Waals surface area contributed by atoms with Crippen molar-refractivity contribution in [2.24, 2.45) is 0 Å². The Hall–Kier alpha value is -1.42. The summed E-state index contributed by atoms with van der Waals surface area (Å²) in [5.74, 6) is 0.710. The molecule has 1 aliphatic heterocycles. The van der Waals surface area contributed by atoms with E-state index in [-0.39, 0.29) is 0 Å². The molecule has 16 heavy (non-hydrogen) atoms. The van der Waals surface area contributed by atoms with E-state index in [2.05, 4.69) is 5.32 Å². The number of rotatable bonds is 3. The Morgan fingerprint density at radius 2 is 2.38 bits per heavy atom. The normalized spacial score (nSPS) is 20.4. The molecule has 0 amide bonds. The molecule has 2 rings (SSSR count). The summed E-state index contributed by atoms with van der Waals surface area (Å²) in [5.41, 5.74) is 7.44. The number of benzene rings is 1. The Bertz CT molecular complexity index is 349. The Morgan fingerprint density at radius 3 is 3.06 bits per heavy atom. The molecule has 1 aromatic carbocycles. The van der Waals surface area contributed by atoms with Gasteiger partial charge in [-0.25, -0.2) is 0 Å².